The van der Waals surface area contributed by atoms with Gasteiger partial charge in [-0.3, -0.25) is 4.79 Å². The van der Waals surface area contributed by atoms with Crippen molar-refractivity contribution in [2.75, 3.05) is 6.61 Å². The first-order chi connectivity index (χ1) is 8.38. The van der Waals surface area contributed by atoms with Crippen LogP contribution in [0.4, 0.5) is 0 Å². The van der Waals surface area contributed by atoms with Crippen LogP contribution in [-0.2, 0) is 11.3 Å². The Morgan fingerprint density at radius 2 is 2.29 bits per heavy atom. The summed E-state index contributed by atoms with van der Waals surface area (Å²) in [6.07, 6.45) is 4.64. The third-order valence-corrected chi connectivity index (χ3v) is 2.81. The molecule has 4 heteroatoms. The van der Waals surface area contributed by atoms with E-state index in [1.165, 1.54) is 5.56 Å². The molecule has 2 aromatic heterocycles. The molecule has 0 unspecified atom stereocenters. The molecule has 2 aromatic rings. The van der Waals surface area contributed by atoms with Gasteiger partial charge in [-0.25, -0.2) is 0 Å². The standard InChI is InChI=1S/C13H12O3S/c14-8-12-3-4-13(16-12)9-15-6-1-2-11-5-7-17-10-11/h1-5,7-8,10H,6,9H2/b2-1+. The molecule has 0 aromatic carbocycles. The lowest BCUT2D eigenvalue weighted by Gasteiger charge is -1.96. The summed E-state index contributed by atoms with van der Waals surface area (Å²) in [4.78, 5) is 10.4. The highest BCUT2D eigenvalue weighted by molar-refractivity contribution is 7.08. The predicted octanol–water partition coefficient (Wildman–Crippen LogP) is 3.38. The van der Waals surface area contributed by atoms with Crippen LogP contribution in [0.25, 0.3) is 6.08 Å². The second-order valence-corrected chi connectivity index (χ2v) is 4.18. The number of carbonyl (C=O) groups excluding carboxylic acids is 1. The third kappa shape index (κ3) is 3.69. The van der Waals surface area contributed by atoms with E-state index in [0.717, 1.165) is 0 Å². The topological polar surface area (TPSA) is 39.4 Å². The van der Waals surface area contributed by atoms with Crippen molar-refractivity contribution < 1.29 is 13.9 Å². The summed E-state index contributed by atoms with van der Waals surface area (Å²) >= 11 is 1.67. The molecule has 0 N–H and O–H groups in total. The Bertz CT molecular complexity index is 482. The molecule has 0 aliphatic carbocycles. The number of furan rings is 1. The van der Waals surface area contributed by atoms with Gasteiger partial charge in [0.15, 0.2) is 12.0 Å². The highest BCUT2D eigenvalue weighted by atomic mass is 32.1. The van der Waals surface area contributed by atoms with Gasteiger partial charge in [-0.2, -0.15) is 11.3 Å². The molecule has 0 radical (unpaired) electrons. The molecule has 88 valence electrons. The fourth-order valence-corrected chi connectivity index (χ4v) is 1.95. The van der Waals surface area contributed by atoms with Gasteiger partial charge in [0.2, 0.25) is 0 Å². The van der Waals surface area contributed by atoms with E-state index in [1.54, 1.807) is 23.5 Å². The van der Waals surface area contributed by atoms with E-state index in [2.05, 4.69) is 5.38 Å². The van der Waals surface area contributed by atoms with Gasteiger partial charge < -0.3 is 9.15 Å². The number of ether oxygens (including phenoxy) is 1. The second kappa shape index (κ2) is 6.18. The molecule has 0 aliphatic rings. The van der Waals surface area contributed by atoms with Crippen molar-refractivity contribution in [1.29, 1.82) is 0 Å². The van der Waals surface area contributed by atoms with Crippen LogP contribution < -0.4 is 0 Å². The summed E-state index contributed by atoms with van der Waals surface area (Å²) < 4.78 is 10.6. The van der Waals surface area contributed by atoms with Crippen LogP contribution in [0.5, 0.6) is 0 Å². The minimum Gasteiger partial charge on any atom is -0.456 e. The lowest BCUT2D eigenvalue weighted by molar-refractivity contribution is 0.108. The summed E-state index contributed by atoms with van der Waals surface area (Å²) in [6.45, 7) is 0.898. The first-order valence-electron chi connectivity index (χ1n) is 5.19. The first-order valence-corrected chi connectivity index (χ1v) is 6.13. The average Bonchev–Trinajstić information content (AvgIpc) is 2.99. The van der Waals surface area contributed by atoms with Gasteiger partial charge in [0, 0.05) is 0 Å². The van der Waals surface area contributed by atoms with Crippen LogP contribution in [-0.4, -0.2) is 12.9 Å². The molecular formula is C13H12O3S. The third-order valence-electron chi connectivity index (χ3n) is 2.11. The summed E-state index contributed by atoms with van der Waals surface area (Å²) in [6, 6.07) is 5.42. The minimum absolute atomic E-state index is 0.331. The van der Waals surface area contributed by atoms with Crippen molar-refractivity contribution in [2.24, 2.45) is 0 Å². The van der Waals surface area contributed by atoms with Gasteiger partial charge in [-0.15, -0.1) is 0 Å². The normalized spacial score (nSPS) is 11.1. The Hall–Kier alpha value is -1.65. The van der Waals surface area contributed by atoms with Crippen molar-refractivity contribution in [3.05, 3.63) is 52.1 Å². The van der Waals surface area contributed by atoms with Crippen LogP contribution in [0.3, 0.4) is 0 Å². The monoisotopic (exact) mass is 248 g/mol. The second-order valence-electron chi connectivity index (χ2n) is 3.40. The molecule has 0 bridgehead atoms. The van der Waals surface area contributed by atoms with Gasteiger partial charge in [0.1, 0.15) is 12.4 Å². The molecule has 0 fully saturated rings. The smallest absolute Gasteiger partial charge is 0.185 e. The van der Waals surface area contributed by atoms with E-state index >= 15 is 0 Å². The van der Waals surface area contributed by atoms with Crippen molar-refractivity contribution in [1.82, 2.24) is 0 Å². The van der Waals surface area contributed by atoms with Crippen LogP contribution in [0.1, 0.15) is 21.9 Å². The highest BCUT2D eigenvalue weighted by Gasteiger charge is 1.99. The maximum atomic E-state index is 10.4. The molecule has 2 rings (SSSR count). The van der Waals surface area contributed by atoms with Gasteiger partial charge in [0.25, 0.3) is 0 Å². The molecular weight excluding hydrogens is 236 g/mol. The molecule has 2 heterocycles. The van der Waals surface area contributed by atoms with E-state index < -0.39 is 0 Å². The Morgan fingerprint density at radius 1 is 1.35 bits per heavy atom. The van der Waals surface area contributed by atoms with Gasteiger partial charge in [0.05, 0.1) is 6.61 Å². The predicted molar refractivity (Wildman–Crippen MR) is 67.1 cm³/mol. The van der Waals surface area contributed by atoms with Crippen LogP contribution in [0.15, 0.2) is 39.5 Å². The zero-order chi connectivity index (χ0) is 11.9. The zero-order valence-corrected chi connectivity index (χ0v) is 9.98. The van der Waals surface area contributed by atoms with E-state index in [0.29, 0.717) is 31.0 Å². The number of hydrogen-bond donors (Lipinski definition) is 0. The maximum absolute atomic E-state index is 10.4. The Balaban J connectivity index is 1.71. The van der Waals surface area contributed by atoms with Crippen LogP contribution >= 0.6 is 11.3 Å². The molecule has 17 heavy (non-hydrogen) atoms. The molecule has 0 amide bonds. The quantitative estimate of drug-likeness (QED) is 0.581. The van der Waals surface area contributed by atoms with E-state index in [1.807, 2.05) is 23.6 Å². The van der Waals surface area contributed by atoms with Crippen molar-refractivity contribution in [2.45, 2.75) is 6.61 Å². The molecule has 0 saturated heterocycles. The molecule has 0 spiro atoms. The SMILES string of the molecule is O=Cc1ccc(COC/C=C/c2ccsc2)o1. The molecule has 0 atom stereocenters. The van der Waals surface area contributed by atoms with Gasteiger partial charge >= 0.3 is 0 Å². The molecule has 0 aliphatic heterocycles. The van der Waals surface area contributed by atoms with Crippen LogP contribution in [0.2, 0.25) is 0 Å². The first kappa shape index (κ1) is 11.8. The van der Waals surface area contributed by atoms with Gasteiger partial charge in [-0.1, -0.05) is 12.2 Å². The average molecular weight is 248 g/mol. The highest BCUT2D eigenvalue weighted by Crippen LogP contribution is 2.09. The number of hydrogen-bond acceptors (Lipinski definition) is 4. The minimum atomic E-state index is 0.331. The van der Waals surface area contributed by atoms with Gasteiger partial charge in [-0.05, 0) is 34.5 Å². The number of carbonyl (C=O) groups is 1. The maximum Gasteiger partial charge on any atom is 0.185 e. The zero-order valence-electron chi connectivity index (χ0n) is 9.17. The Labute approximate surface area is 103 Å². The van der Waals surface area contributed by atoms with Crippen molar-refractivity contribution in [3.63, 3.8) is 0 Å². The summed E-state index contributed by atoms with van der Waals surface area (Å²) in [5.41, 5.74) is 1.18. The van der Waals surface area contributed by atoms with E-state index in [4.69, 9.17) is 9.15 Å². The number of aldehydes is 1. The Morgan fingerprint density at radius 3 is 3.00 bits per heavy atom. The lowest BCUT2D eigenvalue weighted by atomic mass is 10.3. The molecule has 0 saturated carbocycles. The van der Waals surface area contributed by atoms with Crippen molar-refractivity contribution in [3.8, 4) is 0 Å². The summed E-state index contributed by atoms with van der Waals surface area (Å²) in [5, 5.41) is 4.10. The fraction of sp³-hybridized carbons (Fsp3) is 0.154. The lowest BCUT2D eigenvalue weighted by Crippen LogP contribution is -1.90. The van der Waals surface area contributed by atoms with E-state index in [9.17, 15) is 4.79 Å². The number of rotatable bonds is 6. The summed E-state index contributed by atoms with van der Waals surface area (Å²) in [5.74, 6) is 0.994. The van der Waals surface area contributed by atoms with Crippen molar-refractivity contribution >= 4 is 23.7 Å². The number of thiophene rings is 1. The van der Waals surface area contributed by atoms with E-state index in [-0.39, 0.29) is 0 Å². The van der Waals surface area contributed by atoms with Crippen LogP contribution in [0, 0.1) is 0 Å². The largest absolute Gasteiger partial charge is 0.456 e. The Kier molecular flexibility index (Phi) is 4.30. The fourth-order valence-electron chi connectivity index (χ4n) is 1.32. The summed E-state index contributed by atoms with van der Waals surface area (Å²) in [7, 11) is 0. The molecule has 3 nitrogen and oxygen atoms in total.